The summed E-state index contributed by atoms with van der Waals surface area (Å²) in [7, 11) is 4.00. The molecule has 1 aromatic rings. The summed E-state index contributed by atoms with van der Waals surface area (Å²) in [5.74, 6) is 0.674. The lowest BCUT2D eigenvalue weighted by Crippen LogP contribution is -2.40. The maximum Gasteiger partial charge on any atom is 0.325 e. The van der Waals surface area contributed by atoms with Crippen molar-refractivity contribution in [3.63, 3.8) is 0 Å². The topological polar surface area (TPSA) is 65.1 Å². The fourth-order valence-electron chi connectivity index (χ4n) is 2.71. The van der Waals surface area contributed by atoms with Gasteiger partial charge in [-0.2, -0.15) is 0 Å². The Labute approximate surface area is 149 Å². The lowest BCUT2D eigenvalue weighted by Gasteiger charge is -2.19. The van der Waals surface area contributed by atoms with Gasteiger partial charge in [-0.25, -0.2) is 4.79 Å². The fraction of sp³-hybridized carbons (Fsp3) is 0.556. The third-order valence-corrected chi connectivity index (χ3v) is 3.99. The number of amides is 3. The van der Waals surface area contributed by atoms with E-state index in [1.54, 1.807) is 9.80 Å². The van der Waals surface area contributed by atoms with E-state index in [1.165, 1.54) is 0 Å². The molecular weight excluding hydrogens is 320 g/mol. The molecule has 0 radical (unpaired) electrons. The van der Waals surface area contributed by atoms with Crippen LogP contribution in [0.4, 0.5) is 10.5 Å². The van der Waals surface area contributed by atoms with Gasteiger partial charge in [0, 0.05) is 25.3 Å². The van der Waals surface area contributed by atoms with Crippen LogP contribution < -0.4 is 15.0 Å². The Morgan fingerprint density at radius 1 is 1.24 bits per heavy atom. The Balaban J connectivity index is 1.81. The summed E-state index contributed by atoms with van der Waals surface area (Å²) in [4.78, 5) is 29.8. The quantitative estimate of drug-likeness (QED) is 0.685. The number of urea groups is 1. The lowest BCUT2D eigenvalue weighted by atomic mass is 10.3. The van der Waals surface area contributed by atoms with Gasteiger partial charge in [0.15, 0.2) is 0 Å². The number of hydrogen-bond donors (Lipinski definition) is 1. The highest BCUT2D eigenvalue weighted by Gasteiger charge is 2.30. The lowest BCUT2D eigenvalue weighted by molar-refractivity contribution is -0.121. The molecule has 0 spiro atoms. The average molecular weight is 348 g/mol. The van der Waals surface area contributed by atoms with E-state index < -0.39 is 0 Å². The summed E-state index contributed by atoms with van der Waals surface area (Å²) in [6.07, 6.45) is 0.894. The van der Waals surface area contributed by atoms with Crippen molar-refractivity contribution in [3.8, 4) is 5.75 Å². The first kappa shape index (κ1) is 19.1. The van der Waals surface area contributed by atoms with Crippen LogP contribution in [0.2, 0.25) is 0 Å². The molecule has 0 saturated carbocycles. The van der Waals surface area contributed by atoms with Crippen molar-refractivity contribution < 1.29 is 14.3 Å². The molecule has 0 aliphatic carbocycles. The summed E-state index contributed by atoms with van der Waals surface area (Å²) in [5, 5.41) is 2.87. The molecule has 1 aliphatic heterocycles. The normalized spacial score (nSPS) is 14.3. The summed E-state index contributed by atoms with van der Waals surface area (Å²) < 4.78 is 5.42. The Hall–Kier alpha value is -2.28. The summed E-state index contributed by atoms with van der Waals surface area (Å²) in [6, 6.07) is 7.31. The molecule has 1 N–H and O–H groups in total. The first-order chi connectivity index (χ1) is 12.0. The summed E-state index contributed by atoms with van der Waals surface area (Å²) in [6.45, 7) is 5.34. The molecule has 1 fully saturated rings. The van der Waals surface area contributed by atoms with E-state index in [4.69, 9.17) is 4.74 Å². The SMILES string of the molecule is CCOc1ccc(N2CCN(CC(=O)NCCCN(C)C)C2=O)cc1. The molecule has 3 amide bonds. The van der Waals surface area contributed by atoms with Crippen LogP contribution in [-0.2, 0) is 4.79 Å². The second-order valence-corrected chi connectivity index (χ2v) is 6.29. The van der Waals surface area contributed by atoms with Gasteiger partial charge >= 0.3 is 6.03 Å². The monoisotopic (exact) mass is 348 g/mol. The van der Waals surface area contributed by atoms with E-state index in [0.717, 1.165) is 24.4 Å². The zero-order valence-corrected chi connectivity index (χ0v) is 15.3. The third-order valence-electron chi connectivity index (χ3n) is 3.99. The molecule has 0 unspecified atom stereocenters. The van der Waals surface area contributed by atoms with Crippen molar-refractivity contribution in [1.82, 2.24) is 15.1 Å². The van der Waals surface area contributed by atoms with Crippen LogP contribution in [0.1, 0.15) is 13.3 Å². The first-order valence-electron chi connectivity index (χ1n) is 8.72. The number of rotatable bonds is 9. The number of benzene rings is 1. The second-order valence-electron chi connectivity index (χ2n) is 6.29. The summed E-state index contributed by atoms with van der Waals surface area (Å²) >= 11 is 0. The molecule has 1 heterocycles. The zero-order valence-electron chi connectivity index (χ0n) is 15.3. The molecule has 138 valence electrons. The van der Waals surface area contributed by atoms with Crippen molar-refractivity contribution in [2.75, 3.05) is 58.3 Å². The molecule has 7 nitrogen and oxygen atoms in total. The predicted molar refractivity (Wildman–Crippen MR) is 98.1 cm³/mol. The molecule has 1 aromatic carbocycles. The Bertz CT molecular complexity index is 574. The van der Waals surface area contributed by atoms with Crippen LogP contribution in [0.15, 0.2) is 24.3 Å². The highest BCUT2D eigenvalue weighted by Crippen LogP contribution is 2.23. The average Bonchev–Trinajstić information content (AvgIpc) is 2.93. The second kappa shape index (κ2) is 9.27. The van der Waals surface area contributed by atoms with E-state index in [2.05, 4.69) is 10.2 Å². The van der Waals surface area contributed by atoms with Gasteiger partial charge < -0.3 is 19.9 Å². The molecule has 0 bridgehead atoms. The van der Waals surface area contributed by atoms with Crippen LogP contribution in [0.5, 0.6) is 5.75 Å². The van der Waals surface area contributed by atoms with E-state index in [9.17, 15) is 9.59 Å². The van der Waals surface area contributed by atoms with Gasteiger partial charge in [-0.05, 0) is 58.3 Å². The Kier molecular flexibility index (Phi) is 7.06. The minimum atomic E-state index is -0.132. The molecule has 0 atom stereocenters. The maximum atomic E-state index is 12.5. The van der Waals surface area contributed by atoms with Gasteiger partial charge in [-0.15, -0.1) is 0 Å². The van der Waals surface area contributed by atoms with Crippen molar-refractivity contribution in [2.24, 2.45) is 0 Å². The number of carbonyl (C=O) groups excluding carboxylic acids is 2. The van der Waals surface area contributed by atoms with Crippen LogP contribution in [0.25, 0.3) is 0 Å². The van der Waals surface area contributed by atoms with Crippen LogP contribution >= 0.6 is 0 Å². The first-order valence-corrected chi connectivity index (χ1v) is 8.72. The van der Waals surface area contributed by atoms with Gasteiger partial charge in [-0.1, -0.05) is 0 Å². The van der Waals surface area contributed by atoms with Crippen molar-refractivity contribution >= 4 is 17.6 Å². The minimum absolute atomic E-state index is 0.105. The van der Waals surface area contributed by atoms with Gasteiger partial charge in [0.2, 0.25) is 5.91 Å². The Morgan fingerprint density at radius 3 is 2.60 bits per heavy atom. The largest absolute Gasteiger partial charge is 0.494 e. The fourth-order valence-corrected chi connectivity index (χ4v) is 2.71. The van der Waals surface area contributed by atoms with Gasteiger partial charge in [-0.3, -0.25) is 9.69 Å². The van der Waals surface area contributed by atoms with Crippen molar-refractivity contribution in [2.45, 2.75) is 13.3 Å². The number of nitrogens with one attached hydrogen (secondary N) is 1. The Morgan fingerprint density at radius 2 is 1.96 bits per heavy atom. The number of carbonyl (C=O) groups is 2. The van der Waals surface area contributed by atoms with E-state index >= 15 is 0 Å². The maximum absolute atomic E-state index is 12.5. The molecule has 2 rings (SSSR count). The van der Waals surface area contributed by atoms with Gasteiger partial charge in [0.1, 0.15) is 12.3 Å². The minimum Gasteiger partial charge on any atom is -0.494 e. The number of hydrogen-bond acceptors (Lipinski definition) is 4. The smallest absolute Gasteiger partial charge is 0.325 e. The molecule has 0 aromatic heterocycles. The van der Waals surface area contributed by atoms with Crippen LogP contribution in [-0.4, -0.2) is 75.2 Å². The van der Waals surface area contributed by atoms with Crippen LogP contribution in [0, 0.1) is 0 Å². The van der Waals surface area contributed by atoms with Crippen molar-refractivity contribution in [1.29, 1.82) is 0 Å². The van der Waals surface area contributed by atoms with Crippen molar-refractivity contribution in [3.05, 3.63) is 24.3 Å². The van der Waals surface area contributed by atoms with E-state index in [-0.39, 0.29) is 18.5 Å². The molecule has 25 heavy (non-hydrogen) atoms. The molecular formula is C18H28N4O3. The highest BCUT2D eigenvalue weighted by molar-refractivity contribution is 5.96. The van der Waals surface area contributed by atoms with Gasteiger partial charge in [0.05, 0.1) is 6.61 Å². The van der Waals surface area contributed by atoms with Crippen LogP contribution in [0.3, 0.4) is 0 Å². The molecule has 1 saturated heterocycles. The summed E-state index contributed by atoms with van der Waals surface area (Å²) in [5.41, 5.74) is 0.822. The van der Waals surface area contributed by atoms with E-state index in [1.807, 2.05) is 45.3 Å². The number of nitrogens with zero attached hydrogens (tertiary/aromatic N) is 3. The standard InChI is InChI=1S/C18H28N4O3/c1-4-25-16-8-6-15(7-9-16)22-13-12-21(18(22)24)14-17(23)19-10-5-11-20(2)3/h6-9H,4-5,10-14H2,1-3H3,(H,19,23). The number of ether oxygens (including phenoxy) is 1. The predicted octanol–water partition coefficient (Wildman–Crippen LogP) is 1.40. The van der Waals surface area contributed by atoms with Gasteiger partial charge in [0.25, 0.3) is 0 Å². The highest BCUT2D eigenvalue weighted by atomic mass is 16.5. The zero-order chi connectivity index (χ0) is 18.2. The molecule has 7 heteroatoms. The third kappa shape index (κ3) is 5.63. The van der Waals surface area contributed by atoms with E-state index in [0.29, 0.717) is 26.2 Å². The number of anilines is 1. The molecule has 1 aliphatic rings.